The molecule has 0 rings (SSSR count). The number of rotatable bonds is 8. The molecule has 0 aliphatic rings. The third-order valence-corrected chi connectivity index (χ3v) is 4.39. The number of halogens is 7. The van der Waals surface area contributed by atoms with Crippen LogP contribution in [0.2, 0.25) is 0 Å². The average Bonchev–Trinajstić information content (AvgIpc) is 2.54. The summed E-state index contributed by atoms with van der Waals surface area (Å²) >= 11 is 0. The zero-order valence-electron chi connectivity index (χ0n) is 15.8. The molecule has 0 radical (unpaired) electrons. The van der Waals surface area contributed by atoms with Gasteiger partial charge >= 0.3 is 48.9 Å². The zero-order chi connectivity index (χ0) is 26.5. The van der Waals surface area contributed by atoms with Crippen LogP contribution in [0.15, 0.2) is 24.3 Å². The minimum absolute atomic E-state index is 0.156. The first-order valence-electron chi connectivity index (χ1n) is 7.24. The fraction of sp³-hybridized carbons (Fsp3) is 0.538. The van der Waals surface area contributed by atoms with E-state index < -0.39 is 67.1 Å². The van der Waals surface area contributed by atoms with Crippen LogP contribution in [0.25, 0.3) is 0 Å². The fourth-order valence-electron chi connectivity index (χ4n) is 1.02. The number of hydrogen-bond acceptors (Lipinski definition) is 8. The number of ether oxygens (including phenoxy) is 2. The molecule has 188 valence electrons. The van der Waals surface area contributed by atoms with Crippen LogP contribution in [0.1, 0.15) is 13.8 Å². The third kappa shape index (κ3) is 9.49. The molecule has 0 heterocycles. The van der Waals surface area contributed by atoms with Crippen molar-refractivity contribution in [1.82, 2.24) is 0 Å². The topological polar surface area (TPSA) is 161 Å². The second-order valence-electron chi connectivity index (χ2n) is 5.61. The predicted octanol–water partition coefficient (Wildman–Crippen LogP) is 2.10. The van der Waals surface area contributed by atoms with Crippen molar-refractivity contribution in [2.24, 2.45) is 0 Å². The molecule has 0 aliphatic heterocycles. The molecule has 0 aromatic rings. The van der Waals surface area contributed by atoms with Gasteiger partial charge in [-0.15, -0.1) is 0 Å². The number of alkyl halides is 7. The van der Waals surface area contributed by atoms with Gasteiger partial charge in [-0.2, -0.15) is 47.6 Å². The van der Waals surface area contributed by atoms with Crippen molar-refractivity contribution in [3.8, 4) is 0 Å². The molecule has 2 N–H and O–H groups in total. The van der Waals surface area contributed by atoms with Crippen LogP contribution in [0.4, 0.5) is 30.7 Å². The lowest BCUT2D eigenvalue weighted by atomic mass is 10.3. The lowest BCUT2D eigenvalue weighted by Crippen LogP contribution is -2.52. The van der Waals surface area contributed by atoms with Gasteiger partial charge in [0.25, 0.3) is 6.10 Å². The van der Waals surface area contributed by atoms with Gasteiger partial charge in [0.2, 0.25) is 0 Å². The Labute approximate surface area is 176 Å². The van der Waals surface area contributed by atoms with Crippen LogP contribution < -0.4 is 0 Å². The van der Waals surface area contributed by atoms with E-state index >= 15 is 0 Å². The molecule has 0 aliphatic carbocycles. The Morgan fingerprint density at radius 3 is 1.47 bits per heavy atom. The highest BCUT2D eigenvalue weighted by Gasteiger charge is 2.66. The van der Waals surface area contributed by atoms with E-state index in [2.05, 4.69) is 22.6 Å². The van der Waals surface area contributed by atoms with Crippen molar-refractivity contribution in [2.45, 2.75) is 36.6 Å². The maximum Gasteiger partial charge on any atom is 0.432 e. The molecule has 0 saturated heterocycles. The summed E-state index contributed by atoms with van der Waals surface area (Å²) in [6.07, 6.45) is -10.2. The first-order valence-corrected chi connectivity index (χ1v) is 10.1. The number of carbonyl (C=O) groups excluding carboxylic acids is 2. The molecule has 10 nitrogen and oxygen atoms in total. The Kier molecular flexibility index (Phi) is 10.6. The molecule has 32 heavy (non-hydrogen) atoms. The van der Waals surface area contributed by atoms with Crippen molar-refractivity contribution in [3.63, 3.8) is 0 Å². The van der Waals surface area contributed by atoms with Crippen molar-refractivity contribution in [3.05, 3.63) is 24.3 Å². The lowest BCUT2D eigenvalue weighted by Gasteiger charge is -2.25. The summed E-state index contributed by atoms with van der Waals surface area (Å²) in [7, 11) is -12.0. The van der Waals surface area contributed by atoms with Gasteiger partial charge in [0.15, 0.2) is 6.61 Å². The van der Waals surface area contributed by atoms with Crippen molar-refractivity contribution < 1.29 is 75.7 Å². The largest absolute Gasteiger partial charge is 0.455 e. The van der Waals surface area contributed by atoms with Gasteiger partial charge in [0.1, 0.15) is 0 Å². The van der Waals surface area contributed by atoms with E-state index in [0.717, 1.165) is 6.92 Å². The monoisotopic (exact) mass is 528 g/mol. The highest BCUT2D eigenvalue weighted by Crippen LogP contribution is 2.38. The molecule has 1 unspecified atom stereocenters. The van der Waals surface area contributed by atoms with Gasteiger partial charge in [0, 0.05) is 11.1 Å². The molecule has 1 atom stereocenters. The van der Waals surface area contributed by atoms with E-state index in [4.69, 9.17) is 9.11 Å². The van der Waals surface area contributed by atoms with Gasteiger partial charge in [-0.1, -0.05) is 13.2 Å². The van der Waals surface area contributed by atoms with E-state index in [-0.39, 0.29) is 5.57 Å². The Morgan fingerprint density at radius 1 is 0.844 bits per heavy atom. The summed E-state index contributed by atoms with van der Waals surface area (Å²) in [5, 5.41) is -10.2. The molecule has 0 aromatic heterocycles. The molecule has 0 aromatic carbocycles. The number of esters is 2. The lowest BCUT2D eigenvalue weighted by molar-refractivity contribution is -0.257. The molecule has 0 saturated carbocycles. The number of carbonyl (C=O) groups is 2. The SMILES string of the molecule is C=C(C)C(=O)OC(C(F)(F)F)C(F)(F)S(=O)(=O)O.C=C(C)C(=O)OCC(F)(F)S(=O)(=O)O. The Balaban J connectivity index is 0. The Hall–Kier alpha value is -2.25. The average molecular weight is 528 g/mol. The van der Waals surface area contributed by atoms with E-state index in [1.807, 2.05) is 0 Å². The van der Waals surface area contributed by atoms with Crippen LogP contribution >= 0.6 is 0 Å². The second kappa shape index (κ2) is 10.6. The first kappa shape index (κ1) is 31.9. The Morgan fingerprint density at radius 2 is 1.22 bits per heavy atom. The Bertz CT molecular complexity index is 952. The van der Waals surface area contributed by atoms with Crippen molar-refractivity contribution >= 4 is 32.2 Å². The maximum atomic E-state index is 12.8. The molecule has 0 bridgehead atoms. The van der Waals surface area contributed by atoms with Gasteiger partial charge in [-0.3, -0.25) is 9.11 Å². The standard InChI is InChI=1S/C7H7F5O5S.C6H8F2O5S/c1-3(2)4(13)17-5(6(8,9)10)7(11,12)18(14,15)16;1-4(2)5(9)13-3-6(7,8)14(10,11)12/h5H,1H2,2H3,(H,14,15,16);1,3H2,2H3,(H,10,11,12). The predicted molar refractivity (Wildman–Crippen MR) is 89.5 cm³/mol. The summed E-state index contributed by atoms with van der Waals surface area (Å²) in [5.41, 5.74) is -0.813. The molecular formula is C13H15F7O10S2. The van der Waals surface area contributed by atoms with Crippen LogP contribution in [0, 0.1) is 0 Å². The minimum atomic E-state index is -6.42. The third-order valence-electron chi connectivity index (χ3n) is 2.62. The van der Waals surface area contributed by atoms with Crippen LogP contribution in [0.3, 0.4) is 0 Å². The molecule has 0 fully saturated rings. The maximum absolute atomic E-state index is 12.8. The quantitative estimate of drug-likeness (QED) is 0.207. The zero-order valence-corrected chi connectivity index (χ0v) is 17.5. The van der Waals surface area contributed by atoms with E-state index in [0.29, 0.717) is 0 Å². The number of hydrogen-bond donors (Lipinski definition) is 2. The first-order chi connectivity index (χ1) is 13.8. The fourth-order valence-corrected chi connectivity index (χ4v) is 1.68. The van der Waals surface area contributed by atoms with Crippen LogP contribution in [-0.2, 0) is 39.3 Å². The van der Waals surface area contributed by atoms with Gasteiger partial charge in [-0.25, -0.2) is 9.59 Å². The van der Waals surface area contributed by atoms with Gasteiger partial charge in [-0.05, 0) is 13.8 Å². The van der Waals surface area contributed by atoms with Crippen LogP contribution in [0.5, 0.6) is 0 Å². The molecule has 19 heteroatoms. The smallest absolute Gasteiger partial charge is 0.432 e. The molecular weight excluding hydrogens is 513 g/mol. The van der Waals surface area contributed by atoms with Gasteiger partial charge < -0.3 is 9.47 Å². The van der Waals surface area contributed by atoms with E-state index in [9.17, 15) is 57.2 Å². The molecule has 0 spiro atoms. The summed E-state index contributed by atoms with van der Waals surface area (Å²) in [6.45, 7) is 6.25. The summed E-state index contributed by atoms with van der Waals surface area (Å²) in [6, 6.07) is 0. The highest BCUT2D eigenvalue weighted by molar-refractivity contribution is 7.87. The van der Waals surface area contributed by atoms with Crippen molar-refractivity contribution in [1.29, 1.82) is 0 Å². The summed E-state index contributed by atoms with van der Waals surface area (Å²) < 4.78 is 151. The molecule has 0 amide bonds. The summed E-state index contributed by atoms with van der Waals surface area (Å²) in [4.78, 5) is 21.3. The van der Waals surface area contributed by atoms with E-state index in [1.54, 1.807) is 0 Å². The van der Waals surface area contributed by atoms with Crippen molar-refractivity contribution in [2.75, 3.05) is 6.61 Å². The van der Waals surface area contributed by atoms with E-state index in [1.165, 1.54) is 6.92 Å². The highest BCUT2D eigenvalue weighted by atomic mass is 32.2. The normalized spacial score (nSPS) is 13.8. The van der Waals surface area contributed by atoms with Gasteiger partial charge in [0.05, 0.1) is 0 Å². The van der Waals surface area contributed by atoms with Crippen LogP contribution in [-0.4, -0.2) is 67.3 Å². The second-order valence-corrected chi connectivity index (χ2v) is 8.65. The minimum Gasteiger partial charge on any atom is -0.455 e. The summed E-state index contributed by atoms with van der Waals surface area (Å²) in [5.74, 6) is -3.03.